The first-order chi connectivity index (χ1) is 8.39. The lowest BCUT2D eigenvalue weighted by atomic mass is 10.2. The summed E-state index contributed by atoms with van der Waals surface area (Å²) in [4.78, 5) is 17.4. The van der Waals surface area contributed by atoms with Gasteiger partial charge in [0.15, 0.2) is 9.84 Å². The molecule has 1 saturated heterocycles. The van der Waals surface area contributed by atoms with Crippen molar-refractivity contribution in [3.05, 3.63) is 28.0 Å². The third kappa shape index (κ3) is 2.93. The van der Waals surface area contributed by atoms with Crippen molar-refractivity contribution in [2.45, 2.75) is 0 Å². The fourth-order valence-corrected chi connectivity index (χ4v) is 3.21. The van der Waals surface area contributed by atoms with Crippen LogP contribution < -0.4 is 0 Å². The highest BCUT2D eigenvalue weighted by Crippen LogP contribution is 2.20. The van der Waals surface area contributed by atoms with Crippen molar-refractivity contribution in [1.82, 2.24) is 9.88 Å². The van der Waals surface area contributed by atoms with E-state index in [0.717, 1.165) is 0 Å². The van der Waals surface area contributed by atoms with Gasteiger partial charge in [-0.05, 0) is 6.07 Å². The van der Waals surface area contributed by atoms with Gasteiger partial charge < -0.3 is 4.90 Å². The predicted octanol–water partition coefficient (Wildman–Crippen LogP) is 1.26. The Bertz CT molecular complexity index is 575. The van der Waals surface area contributed by atoms with E-state index in [2.05, 4.69) is 4.98 Å². The van der Waals surface area contributed by atoms with E-state index in [-0.39, 0.29) is 46.2 Å². The highest BCUT2D eigenvalue weighted by molar-refractivity contribution is 7.91. The lowest BCUT2D eigenvalue weighted by Gasteiger charge is -2.27. The minimum atomic E-state index is -3.01. The quantitative estimate of drug-likeness (QED) is 0.733. The molecule has 18 heavy (non-hydrogen) atoms. The molecule has 0 N–H and O–H groups in total. The Morgan fingerprint density at radius 2 is 1.89 bits per heavy atom. The SMILES string of the molecule is O=C(c1cc(Cl)ncc1Cl)N1CCS(=O)(=O)CC1. The average molecular weight is 309 g/mol. The third-order valence-corrected chi connectivity index (χ3v) is 4.80. The maximum absolute atomic E-state index is 12.1. The van der Waals surface area contributed by atoms with Crippen LogP contribution in [0.15, 0.2) is 12.3 Å². The van der Waals surface area contributed by atoms with Crippen molar-refractivity contribution in [3.63, 3.8) is 0 Å². The number of halogens is 2. The van der Waals surface area contributed by atoms with Crippen LogP contribution in [0.3, 0.4) is 0 Å². The van der Waals surface area contributed by atoms with Crippen LogP contribution in [0.5, 0.6) is 0 Å². The van der Waals surface area contributed by atoms with Gasteiger partial charge in [0.1, 0.15) is 5.15 Å². The molecule has 98 valence electrons. The number of carbonyl (C=O) groups is 1. The predicted molar refractivity (Wildman–Crippen MR) is 68.8 cm³/mol. The topological polar surface area (TPSA) is 67.3 Å². The van der Waals surface area contributed by atoms with Gasteiger partial charge in [0.2, 0.25) is 0 Å². The second-order valence-electron chi connectivity index (χ2n) is 3.93. The maximum atomic E-state index is 12.1. The lowest BCUT2D eigenvalue weighted by Crippen LogP contribution is -2.43. The summed E-state index contributed by atoms with van der Waals surface area (Å²) >= 11 is 11.6. The third-order valence-electron chi connectivity index (χ3n) is 2.68. The molecular formula is C10H10Cl2N2O3S. The van der Waals surface area contributed by atoms with Crippen LogP contribution in [0.4, 0.5) is 0 Å². The molecule has 0 radical (unpaired) electrons. The summed E-state index contributed by atoms with van der Waals surface area (Å²) in [5.41, 5.74) is 0.246. The summed E-state index contributed by atoms with van der Waals surface area (Å²) in [6.45, 7) is 0.356. The maximum Gasteiger partial charge on any atom is 0.255 e. The zero-order valence-corrected chi connectivity index (χ0v) is 11.6. The molecule has 1 aromatic rings. The number of hydrogen-bond donors (Lipinski definition) is 0. The van der Waals surface area contributed by atoms with Crippen molar-refractivity contribution in [2.75, 3.05) is 24.6 Å². The van der Waals surface area contributed by atoms with Crippen LogP contribution in [-0.2, 0) is 9.84 Å². The van der Waals surface area contributed by atoms with E-state index in [1.165, 1.54) is 17.2 Å². The van der Waals surface area contributed by atoms with E-state index in [4.69, 9.17) is 23.2 Å². The van der Waals surface area contributed by atoms with Gasteiger partial charge in [-0.15, -0.1) is 0 Å². The molecule has 5 nitrogen and oxygen atoms in total. The second kappa shape index (κ2) is 5.03. The zero-order chi connectivity index (χ0) is 13.3. The Labute approximate surface area is 115 Å². The molecule has 0 bridgehead atoms. The number of nitrogens with zero attached hydrogens (tertiary/aromatic N) is 2. The standard InChI is InChI=1S/C10H10Cl2N2O3S/c11-8-6-13-9(12)5-7(8)10(15)14-1-3-18(16,17)4-2-14/h5-6H,1-4H2. The average Bonchev–Trinajstić information content (AvgIpc) is 2.31. The zero-order valence-electron chi connectivity index (χ0n) is 9.27. The molecule has 1 aliphatic heterocycles. The van der Waals surface area contributed by atoms with Crippen molar-refractivity contribution in [3.8, 4) is 0 Å². The molecule has 0 spiro atoms. The van der Waals surface area contributed by atoms with Crippen molar-refractivity contribution >= 4 is 38.9 Å². The summed E-state index contributed by atoms with van der Waals surface area (Å²) in [6, 6.07) is 1.38. The van der Waals surface area contributed by atoms with Crippen LogP contribution in [0, 0.1) is 0 Å². The van der Waals surface area contributed by atoms with Crippen LogP contribution in [0.1, 0.15) is 10.4 Å². The number of sulfone groups is 1. The number of hydrogen-bond acceptors (Lipinski definition) is 4. The Morgan fingerprint density at radius 3 is 2.50 bits per heavy atom. The summed E-state index contributed by atoms with van der Waals surface area (Å²) in [7, 11) is -3.01. The van der Waals surface area contributed by atoms with Crippen molar-refractivity contribution in [1.29, 1.82) is 0 Å². The normalized spacial score (nSPS) is 18.7. The Kier molecular flexibility index (Phi) is 3.79. The van der Waals surface area contributed by atoms with Gasteiger partial charge in [-0.1, -0.05) is 23.2 Å². The molecular weight excluding hydrogens is 299 g/mol. The first kappa shape index (κ1) is 13.6. The molecule has 1 aromatic heterocycles. The molecule has 1 aliphatic rings. The number of carbonyl (C=O) groups excluding carboxylic acids is 1. The van der Waals surface area contributed by atoms with E-state index in [9.17, 15) is 13.2 Å². The molecule has 0 unspecified atom stereocenters. The Balaban J connectivity index is 2.20. The van der Waals surface area contributed by atoms with E-state index in [1.54, 1.807) is 0 Å². The Hall–Kier alpha value is -0.850. The molecule has 0 saturated carbocycles. The Morgan fingerprint density at radius 1 is 1.28 bits per heavy atom. The van der Waals surface area contributed by atoms with E-state index in [1.807, 2.05) is 0 Å². The molecule has 1 amide bonds. The van der Waals surface area contributed by atoms with Gasteiger partial charge in [0.05, 0.1) is 22.1 Å². The summed E-state index contributed by atoms with van der Waals surface area (Å²) in [5.74, 6) is -0.358. The van der Waals surface area contributed by atoms with Gasteiger partial charge in [0.25, 0.3) is 5.91 Å². The lowest BCUT2D eigenvalue weighted by molar-refractivity contribution is 0.0770. The van der Waals surface area contributed by atoms with Gasteiger partial charge >= 0.3 is 0 Å². The van der Waals surface area contributed by atoms with Crippen molar-refractivity contribution in [2.24, 2.45) is 0 Å². The first-order valence-electron chi connectivity index (χ1n) is 5.20. The monoisotopic (exact) mass is 308 g/mol. The van der Waals surface area contributed by atoms with Crippen LogP contribution >= 0.6 is 23.2 Å². The highest BCUT2D eigenvalue weighted by Gasteiger charge is 2.26. The largest absolute Gasteiger partial charge is 0.337 e. The fourth-order valence-electron chi connectivity index (χ4n) is 1.66. The van der Waals surface area contributed by atoms with Crippen LogP contribution in [0.25, 0.3) is 0 Å². The summed E-state index contributed by atoms with van der Waals surface area (Å²) in [6.07, 6.45) is 1.30. The van der Waals surface area contributed by atoms with Crippen LogP contribution in [0.2, 0.25) is 10.2 Å². The van der Waals surface area contributed by atoms with Gasteiger partial charge in [-0.3, -0.25) is 4.79 Å². The first-order valence-corrected chi connectivity index (χ1v) is 7.77. The van der Waals surface area contributed by atoms with E-state index < -0.39 is 9.84 Å². The van der Waals surface area contributed by atoms with Gasteiger partial charge in [-0.2, -0.15) is 0 Å². The number of aromatic nitrogens is 1. The molecule has 8 heteroatoms. The van der Waals surface area contributed by atoms with Gasteiger partial charge in [-0.25, -0.2) is 13.4 Å². The second-order valence-corrected chi connectivity index (χ2v) is 7.03. The molecule has 0 aliphatic carbocycles. The molecule has 2 heterocycles. The van der Waals surface area contributed by atoms with E-state index >= 15 is 0 Å². The highest BCUT2D eigenvalue weighted by atomic mass is 35.5. The fraction of sp³-hybridized carbons (Fsp3) is 0.400. The summed E-state index contributed by atoms with van der Waals surface area (Å²) in [5, 5.41) is 0.380. The molecule has 2 rings (SSSR count). The smallest absolute Gasteiger partial charge is 0.255 e. The van der Waals surface area contributed by atoms with Crippen LogP contribution in [-0.4, -0.2) is 48.8 Å². The summed E-state index contributed by atoms with van der Waals surface area (Å²) < 4.78 is 22.6. The minimum Gasteiger partial charge on any atom is -0.337 e. The number of amides is 1. The minimum absolute atomic E-state index is 0.0187. The van der Waals surface area contributed by atoms with Crippen molar-refractivity contribution < 1.29 is 13.2 Å². The number of rotatable bonds is 1. The molecule has 0 atom stereocenters. The number of pyridine rings is 1. The molecule has 1 fully saturated rings. The van der Waals surface area contributed by atoms with Gasteiger partial charge in [0, 0.05) is 19.3 Å². The van der Waals surface area contributed by atoms with E-state index in [0.29, 0.717) is 0 Å². The molecule has 0 aromatic carbocycles.